The first-order valence-electron chi connectivity index (χ1n) is 14.7. The molecule has 0 aliphatic carbocycles. The maximum Gasteiger partial charge on any atom is 0.261 e. The number of likely N-dealkylation sites (N-methyl/N-ethyl adjacent to an activating group) is 1. The fraction of sp³-hybridized carbons (Fsp3) is 0.273. The molecule has 0 amide bonds. The summed E-state index contributed by atoms with van der Waals surface area (Å²) >= 11 is 0. The van der Waals surface area contributed by atoms with Gasteiger partial charge in [0.1, 0.15) is 29.4 Å². The fourth-order valence-electron chi connectivity index (χ4n) is 5.69. The van der Waals surface area contributed by atoms with Gasteiger partial charge in [0.25, 0.3) is 5.92 Å². The first-order valence-corrected chi connectivity index (χ1v) is 14.7. The van der Waals surface area contributed by atoms with Crippen molar-refractivity contribution in [3.63, 3.8) is 0 Å². The summed E-state index contributed by atoms with van der Waals surface area (Å²) in [4.78, 5) is 20.9. The second-order valence-corrected chi connectivity index (χ2v) is 11.7. The van der Waals surface area contributed by atoms with E-state index in [9.17, 15) is 13.2 Å². The van der Waals surface area contributed by atoms with Gasteiger partial charge in [0.15, 0.2) is 5.82 Å². The van der Waals surface area contributed by atoms with Crippen LogP contribution in [0.3, 0.4) is 0 Å². The molecule has 0 bridgehead atoms. The van der Waals surface area contributed by atoms with Gasteiger partial charge in [-0.05, 0) is 61.6 Å². The number of nitrogens with one attached hydrogen (secondary N) is 2. The Morgan fingerprint density at radius 1 is 0.978 bits per heavy atom. The quantitative estimate of drug-likeness (QED) is 0.202. The van der Waals surface area contributed by atoms with Gasteiger partial charge in [0.05, 0.1) is 23.3 Å². The van der Waals surface area contributed by atoms with Crippen molar-refractivity contribution in [2.24, 2.45) is 0 Å². The number of rotatable bonds is 9. The lowest BCUT2D eigenvalue weighted by atomic mass is 10.0. The van der Waals surface area contributed by atoms with Crippen LogP contribution in [0.25, 0.3) is 55.8 Å². The van der Waals surface area contributed by atoms with Gasteiger partial charge < -0.3 is 14.6 Å². The van der Waals surface area contributed by atoms with E-state index in [2.05, 4.69) is 25.1 Å². The van der Waals surface area contributed by atoms with Crippen molar-refractivity contribution in [3.8, 4) is 39.7 Å². The molecule has 2 N–H and O–H groups in total. The maximum absolute atomic E-state index is 14.6. The smallest absolute Gasteiger partial charge is 0.261 e. The van der Waals surface area contributed by atoms with E-state index in [1.165, 1.54) is 12.1 Å². The number of hydrogen-bond acceptors (Lipinski definition) is 7. The van der Waals surface area contributed by atoms with Crippen LogP contribution in [0.1, 0.15) is 12.0 Å². The van der Waals surface area contributed by atoms with Crippen molar-refractivity contribution in [2.45, 2.75) is 18.9 Å². The minimum atomic E-state index is -2.64. The minimum absolute atomic E-state index is 0.117. The number of alkyl halides is 2. The summed E-state index contributed by atoms with van der Waals surface area (Å²) in [6, 6.07) is 14.3. The number of ether oxygens (including phenoxy) is 1. The summed E-state index contributed by atoms with van der Waals surface area (Å²) in [6.45, 7) is 1.66. The van der Waals surface area contributed by atoms with Crippen LogP contribution < -0.4 is 4.74 Å². The summed E-state index contributed by atoms with van der Waals surface area (Å²) in [5.41, 5.74) is 6.47. The molecule has 12 heteroatoms. The lowest BCUT2D eigenvalue weighted by Crippen LogP contribution is -2.24. The van der Waals surface area contributed by atoms with Crippen LogP contribution in [-0.4, -0.2) is 86.2 Å². The first-order chi connectivity index (χ1) is 21.7. The second kappa shape index (κ2) is 11.6. The van der Waals surface area contributed by atoms with Gasteiger partial charge in [-0.2, -0.15) is 5.10 Å². The Morgan fingerprint density at radius 2 is 1.87 bits per heavy atom. The van der Waals surface area contributed by atoms with E-state index in [1.54, 1.807) is 29.6 Å². The van der Waals surface area contributed by atoms with Crippen LogP contribution >= 0.6 is 0 Å². The monoisotopic (exact) mass is 612 g/mol. The maximum atomic E-state index is 14.6. The summed E-state index contributed by atoms with van der Waals surface area (Å²) in [6.07, 6.45) is 5.02. The van der Waals surface area contributed by atoms with E-state index in [-0.39, 0.29) is 13.0 Å². The Morgan fingerprint density at radius 3 is 2.69 bits per heavy atom. The zero-order valence-corrected chi connectivity index (χ0v) is 24.8. The zero-order chi connectivity index (χ0) is 31.1. The zero-order valence-electron chi connectivity index (χ0n) is 24.8. The molecule has 45 heavy (non-hydrogen) atoms. The van der Waals surface area contributed by atoms with Gasteiger partial charge in [-0.3, -0.25) is 20.0 Å². The van der Waals surface area contributed by atoms with E-state index in [0.717, 1.165) is 33.1 Å². The molecule has 0 atom stereocenters. The van der Waals surface area contributed by atoms with E-state index in [4.69, 9.17) is 9.72 Å². The minimum Gasteiger partial charge on any atom is -0.492 e. The van der Waals surface area contributed by atoms with E-state index in [0.29, 0.717) is 60.3 Å². The van der Waals surface area contributed by atoms with Crippen LogP contribution in [0.15, 0.2) is 67.1 Å². The van der Waals surface area contributed by atoms with E-state index in [1.807, 2.05) is 49.3 Å². The van der Waals surface area contributed by atoms with E-state index < -0.39 is 11.7 Å². The Hall–Kier alpha value is -4.81. The Kier molecular flexibility index (Phi) is 7.46. The second-order valence-electron chi connectivity index (χ2n) is 11.7. The molecule has 230 valence electrons. The lowest BCUT2D eigenvalue weighted by molar-refractivity contribution is 0.0115. The molecule has 4 aromatic heterocycles. The molecule has 1 fully saturated rings. The summed E-state index contributed by atoms with van der Waals surface area (Å²) in [5, 5.41) is 8.48. The fourth-order valence-corrected chi connectivity index (χ4v) is 5.69. The lowest BCUT2D eigenvalue weighted by Gasteiger charge is -2.15. The highest BCUT2D eigenvalue weighted by molar-refractivity contribution is 5.97. The SMILES string of the molecule is CN(C)CCOc1cc(F)cc(-c2nccc3[nH]c(-c4n[nH]c5ccc(-c6cncc(CN7CCC(F)(F)C7)c6)cc45)nc23)c1. The highest BCUT2D eigenvalue weighted by Crippen LogP contribution is 2.34. The number of imidazole rings is 1. The van der Waals surface area contributed by atoms with Crippen LogP contribution in [0.2, 0.25) is 0 Å². The topological polar surface area (TPSA) is 98.8 Å². The Bertz CT molecular complexity index is 2000. The van der Waals surface area contributed by atoms with Gasteiger partial charge in [-0.15, -0.1) is 0 Å². The number of nitrogens with zero attached hydrogens (tertiary/aromatic N) is 6. The van der Waals surface area contributed by atoms with Crippen molar-refractivity contribution < 1.29 is 17.9 Å². The molecule has 9 nitrogen and oxygen atoms in total. The molecule has 5 heterocycles. The molecule has 2 aromatic carbocycles. The van der Waals surface area contributed by atoms with Crippen LogP contribution in [-0.2, 0) is 6.54 Å². The van der Waals surface area contributed by atoms with Gasteiger partial charge >= 0.3 is 0 Å². The molecule has 0 radical (unpaired) electrons. The molecule has 1 aliphatic heterocycles. The number of halogens is 3. The molecule has 1 saturated heterocycles. The highest BCUT2D eigenvalue weighted by Gasteiger charge is 2.37. The van der Waals surface area contributed by atoms with Crippen LogP contribution in [0.4, 0.5) is 13.2 Å². The van der Waals surface area contributed by atoms with Crippen molar-refractivity contribution >= 4 is 21.9 Å². The number of H-pyrrole nitrogens is 2. The molecule has 1 aliphatic rings. The number of aromatic amines is 2. The third kappa shape index (κ3) is 6.11. The standard InChI is InChI=1S/C33H31F3N8O/c1-43(2)9-10-45-25-13-22(12-24(34)15-25)29-31-28(5-7-38-29)39-32(40-31)30-26-14-21(3-4-27(26)41-42-30)23-11-20(16-37-17-23)18-44-8-6-33(35,36)19-44/h3-5,7,11-17H,6,8-10,18-19H2,1-2H3,(H,39,40)(H,41,42). The Labute approximate surface area is 257 Å². The highest BCUT2D eigenvalue weighted by atomic mass is 19.3. The number of benzene rings is 2. The number of pyridine rings is 2. The molecule has 0 saturated carbocycles. The van der Waals surface area contributed by atoms with Crippen molar-refractivity contribution in [3.05, 3.63) is 78.5 Å². The molecular weight excluding hydrogens is 581 g/mol. The van der Waals surface area contributed by atoms with Crippen LogP contribution in [0.5, 0.6) is 5.75 Å². The average Bonchev–Trinajstić information content (AvgIpc) is 3.72. The third-order valence-electron chi connectivity index (χ3n) is 7.92. The predicted molar refractivity (Wildman–Crippen MR) is 166 cm³/mol. The summed E-state index contributed by atoms with van der Waals surface area (Å²) < 4.78 is 47.9. The van der Waals surface area contributed by atoms with Gasteiger partial charge in [0.2, 0.25) is 0 Å². The van der Waals surface area contributed by atoms with Gasteiger partial charge in [-0.1, -0.05) is 6.07 Å². The van der Waals surface area contributed by atoms with Gasteiger partial charge in [0, 0.05) is 67.2 Å². The van der Waals surface area contributed by atoms with Crippen LogP contribution in [0, 0.1) is 5.82 Å². The number of aromatic nitrogens is 6. The molecule has 0 unspecified atom stereocenters. The molecular formula is C33H31F3N8O. The predicted octanol–water partition coefficient (Wildman–Crippen LogP) is 6.15. The third-order valence-corrected chi connectivity index (χ3v) is 7.92. The summed E-state index contributed by atoms with van der Waals surface area (Å²) in [5.74, 6) is -2.11. The summed E-state index contributed by atoms with van der Waals surface area (Å²) in [7, 11) is 3.89. The number of fused-ring (bicyclic) bond motifs is 2. The van der Waals surface area contributed by atoms with Crippen molar-refractivity contribution in [1.82, 2.24) is 39.9 Å². The molecule has 7 rings (SSSR count). The Balaban J connectivity index is 1.20. The largest absolute Gasteiger partial charge is 0.492 e. The average molecular weight is 613 g/mol. The van der Waals surface area contributed by atoms with E-state index >= 15 is 0 Å². The number of likely N-dealkylation sites (tertiary alicyclic amines) is 1. The van der Waals surface area contributed by atoms with Crippen molar-refractivity contribution in [2.75, 3.05) is 40.3 Å². The molecule has 0 spiro atoms. The number of hydrogen-bond donors (Lipinski definition) is 2. The normalized spacial score (nSPS) is 15.1. The molecule has 6 aromatic rings. The van der Waals surface area contributed by atoms with Crippen molar-refractivity contribution in [1.29, 1.82) is 0 Å². The first kappa shape index (κ1) is 28.9. The van der Waals surface area contributed by atoms with Gasteiger partial charge in [-0.25, -0.2) is 18.2 Å².